The van der Waals surface area contributed by atoms with Crippen molar-refractivity contribution in [1.29, 1.82) is 0 Å². The molecule has 31 heavy (non-hydrogen) atoms. The molecule has 2 heterocycles. The number of rotatable bonds is 6. The Morgan fingerprint density at radius 1 is 1.26 bits per heavy atom. The van der Waals surface area contributed by atoms with Gasteiger partial charge in [-0.2, -0.15) is 0 Å². The largest absolute Gasteiger partial charge is 0.506 e. The zero-order chi connectivity index (χ0) is 22.0. The molecule has 166 valence electrons. The molecular weight excluding hydrogens is 394 g/mol. The summed E-state index contributed by atoms with van der Waals surface area (Å²) in [5.74, 6) is 0.868. The van der Waals surface area contributed by atoms with Gasteiger partial charge in [-0.3, -0.25) is 9.78 Å². The van der Waals surface area contributed by atoms with Crippen molar-refractivity contribution >= 4 is 16.9 Å². The van der Waals surface area contributed by atoms with Crippen LogP contribution in [0.25, 0.3) is 10.9 Å². The molecule has 0 amide bonds. The van der Waals surface area contributed by atoms with Gasteiger partial charge in [0.1, 0.15) is 17.0 Å². The van der Waals surface area contributed by atoms with E-state index in [1.54, 1.807) is 12.3 Å². The zero-order valence-corrected chi connectivity index (χ0v) is 18.5. The second kappa shape index (κ2) is 9.27. The summed E-state index contributed by atoms with van der Waals surface area (Å²) in [4.78, 5) is 17.0. The van der Waals surface area contributed by atoms with Crippen LogP contribution in [0.1, 0.15) is 57.4 Å². The predicted octanol–water partition coefficient (Wildman–Crippen LogP) is 5.06. The first kappa shape index (κ1) is 21.6. The van der Waals surface area contributed by atoms with Crippen molar-refractivity contribution in [2.45, 2.75) is 58.2 Å². The van der Waals surface area contributed by atoms with Crippen LogP contribution in [0.3, 0.4) is 0 Å². The number of allylic oxidation sites excluding steroid dienone is 2. The number of carbonyl (C=O) groups is 1. The number of ether oxygens (including phenoxy) is 3. The first-order valence-electron chi connectivity index (χ1n) is 11.2. The lowest BCUT2D eigenvalue weighted by molar-refractivity contribution is -0.152. The molecule has 0 spiro atoms. The van der Waals surface area contributed by atoms with Crippen LogP contribution >= 0.6 is 0 Å². The normalized spacial score (nSPS) is 25.8. The quantitative estimate of drug-likeness (QED) is 0.652. The van der Waals surface area contributed by atoms with Gasteiger partial charge in [0.05, 0.1) is 13.0 Å². The van der Waals surface area contributed by atoms with E-state index in [1.165, 1.54) is 12.7 Å². The number of methoxy groups -OCH3 is 1. The molecule has 0 bridgehead atoms. The van der Waals surface area contributed by atoms with Crippen molar-refractivity contribution < 1.29 is 24.1 Å². The molecule has 6 heteroatoms. The smallest absolute Gasteiger partial charge is 0.309 e. The molecule has 4 rings (SSSR count). The van der Waals surface area contributed by atoms with Gasteiger partial charge >= 0.3 is 5.97 Å². The first-order chi connectivity index (χ1) is 15.1. The number of hydrogen-bond acceptors (Lipinski definition) is 6. The Balaban J connectivity index is 1.86. The summed E-state index contributed by atoms with van der Waals surface area (Å²) in [6, 6.07) is 7.54. The maximum atomic E-state index is 12.6. The van der Waals surface area contributed by atoms with Crippen LogP contribution in [0.15, 0.2) is 41.8 Å². The Labute approximate surface area is 183 Å². The van der Waals surface area contributed by atoms with E-state index >= 15 is 0 Å². The van der Waals surface area contributed by atoms with E-state index in [4.69, 9.17) is 14.2 Å². The lowest BCUT2D eigenvalue weighted by Crippen LogP contribution is -2.36. The fourth-order valence-corrected chi connectivity index (χ4v) is 5.26. The van der Waals surface area contributed by atoms with Crippen LogP contribution in [-0.4, -0.2) is 36.1 Å². The van der Waals surface area contributed by atoms with Crippen LogP contribution in [-0.2, 0) is 19.0 Å². The Kier molecular flexibility index (Phi) is 6.46. The van der Waals surface area contributed by atoms with Crippen LogP contribution in [0.5, 0.6) is 5.75 Å². The van der Waals surface area contributed by atoms with Gasteiger partial charge in [-0.05, 0) is 49.0 Å². The third-order valence-corrected chi connectivity index (χ3v) is 6.52. The van der Waals surface area contributed by atoms with Crippen molar-refractivity contribution in [3.8, 4) is 5.75 Å². The second-order valence-corrected chi connectivity index (χ2v) is 8.39. The number of nitrogens with zero attached hydrogens (tertiary/aromatic N) is 1. The number of hydrogen-bond donors (Lipinski definition) is 1. The summed E-state index contributed by atoms with van der Waals surface area (Å²) >= 11 is 0. The Bertz CT molecular complexity index is 985. The van der Waals surface area contributed by atoms with E-state index in [-0.39, 0.29) is 29.8 Å². The fraction of sp³-hybridized carbons (Fsp3) is 0.520. The van der Waals surface area contributed by atoms with Crippen molar-refractivity contribution in [1.82, 2.24) is 4.98 Å². The maximum absolute atomic E-state index is 12.6. The van der Waals surface area contributed by atoms with Gasteiger partial charge < -0.3 is 19.3 Å². The van der Waals surface area contributed by atoms with Crippen molar-refractivity contribution in [3.63, 3.8) is 0 Å². The fourth-order valence-electron chi connectivity index (χ4n) is 5.26. The highest BCUT2D eigenvalue weighted by Gasteiger charge is 2.42. The SMILES string of the molecule is CCCC1CC(OCC)OC2=C1C(c1ccc(O)c3ncccc13)CC(C(=O)OC)C2. The summed E-state index contributed by atoms with van der Waals surface area (Å²) in [6.07, 6.45) is 5.51. The molecule has 1 aromatic heterocycles. The number of fused-ring (bicyclic) bond motifs is 1. The zero-order valence-electron chi connectivity index (χ0n) is 18.5. The molecule has 1 aromatic carbocycles. The van der Waals surface area contributed by atoms with Gasteiger partial charge in [0.15, 0.2) is 6.29 Å². The molecule has 0 saturated heterocycles. The third kappa shape index (κ3) is 4.13. The second-order valence-electron chi connectivity index (χ2n) is 8.39. The molecule has 1 N–H and O–H groups in total. The summed E-state index contributed by atoms with van der Waals surface area (Å²) < 4.78 is 17.3. The highest BCUT2D eigenvalue weighted by atomic mass is 16.7. The third-order valence-electron chi connectivity index (χ3n) is 6.52. The number of phenols is 1. The minimum atomic E-state index is -0.282. The number of aromatic hydroxyl groups is 1. The Morgan fingerprint density at radius 2 is 2.10 bits per heavy atom. The molecule has 6 nitrogen and oxygen atoms in total. The molecule has 1 aliphatic heterocycles. The Hall–Kier alpha value is -2.60. The Morgan fingerprint density at radius 3 is 2.84 bits per heavy atom. The first-order valence-corrected chi connectivity index (χ1v) is 11.2. The van der Waals surface area contributed by atoms with E-state index < -0.39 is 0 Å². The average molecular weight is 426 g/mol. The highest BCUT2D eigenvalue weighted by Crippen LogP contribution is 2.51. The van der Waals surface area contributed by atoms with Crippen LogP contribution in [0.4, 0.5) is 0 Å². The van der Waals surface area contributed by atoms with Crippen LogP contribution in [0, 0.1) is 11.8 Å². The number of carbonyl (C=O) groups excluding carboxylic acids is 1. The van der Waals surface area contributed by atoms with Gasteiger partial charge in [0.25, 0.3) is 0 Å². The predicted molar refractivity (Wildman–Crippen MR) is 117 cm³/mol. The number of pyridine rings is 1. The summed E-state index contributed by atoms with van der Waals surface area (Å²) in [6.45, 7) is 4.75. The molecule has 1 aliphatic carbocycles. The van der Waals surface area contributed by atoms with Crippen molar-refractivity contribution in [2.75, 3.05) is 13.7 Å². The van der Waals surface area contributed by atoms with E-state index in [2.05, 4.69) is 11.9 Å². The van der Waals surface area contributed by atoms with Gasteiger partial charge in [0, 0.05) is 36.9 Å². The molecule has 0 saturated carbocycles. The number of esters is 1. The number of phenolic OH excluding ortho intramolecular Hbond substituents is 1. The minimum Gasteiger partial charge on any atom is -0.506 e. The van der Waals surface area contributed by atoms with Crippen LogP contribution < -0.4 is 0 Å². The van der Waals surface area contributed by atoms with E-state index in [0.717, 1.165) is 36.0 Å². The minimum absolute atomic E-state index is 0.000670. The van der Waals surface area contributed by atoms with Crippen molar-refractivity contribution in [2.24, 2.45) is 11.8 Å². The lowest BCUT2D eigenvalue weighted by atomic mass is 9.69. The van der Waals surface area contributed by atoms with Gasteiger partial charge in [-0.25, -0.2) is 0 Å². The summed E-state index contributed by atoms with van der Waals surface area (Å²) in [5, 5.41) is 11.3. The highest BCUT2D eigenvalue weighted by molar-refractivity contribution is 5.88. The average Bonchev–Trinajstić information content (AvgIpc) is 2.78. The topological polar surface area (TPSA) is 77.9 Å². The molecule has 2 aliphatic rings. The molecule has 4 unspecified atom stereocenters. The molecule has 2 aromatic rings. The van der Waals surface area contributed by atoms with Gasteiger partial charge in [-0.15, -0.1) is 0 Å². The molecular formula is C25H31NO5. The van der Waals surface area contributed by atoms with E-state index in [0.29, 0.717) is 30.9 Å². The molecule has 0 fully saturated rings. The van der Waals surface area contributed by atoms with E-state index in [1.807, 2.05) is 25.1 Å². The number of benzene rings is 1. The van der Waals surface area contributed by atoms with Gasteiger partial charge in [-0.1, -0.05) is 25.5 Å². The summed E-state index contributed by atoms with van der Waals surface area (Å²) in [5.41, 5.74) is 2.92. The van der Waals surface area contributed by atoms with Crippen molar-refractivity contribution in [3.05, 3.63) is 47.4 Å². The maximum Gasteiger partial charge on any atom is 0.309 e. The van der Waals surface area contributed by atoms with Crippen LogP contribution in [0.2, 0.25) is 0 Å². The van der Waals surface area contributed by atoms with E-state index in [9.17, 15) is 9.90 Å². The summed E-state index contributed by atoms with van der Waals surface area (Å²) in [7, 11) is 1.44. The molecule has 4 atom stereocenters. The lowest BCUT2D eigenvalue weighted by Gasteiger charge is -2.42. The monoisotopic (exact) mass is 425 g/mol. The standard InChI is InChI=1S/C25H31NO5/c1-4-7-15-14-22(30-5-2)31-21-13-16(25(28)29-3)12-19(23(15)21)17-9-10-20(27)24-18(17)8-6-11-26-24/h6,8-11,15-16,19,22,27H,4-5,7,12-14H2,1-3H3. The number of aromatic nitrogens is 1. The molecule has 0 radical (unpaired) electrons. The van der Waals surface area contributed by atoms with Gasteiger partial charge in [0.2, 0.25) is 0 Å².